The molecule has 2 nitrogen and oxygen atoms in total. The standard InChI is InChI=1S/C50H34B2N2/c1-49(2,3)37-19-29-33-17-25(23-53)15-31-27-11-8-10-14-40(27)52(47(31)33)42-22-36-38(50(4,5)6)20-30-34-18-26(24-54)16-32-28-12-7-9-13-39(28)51(48(32)34)41-21-35(37)45(43(29)42)46(36)44(30)41/h7-22H,1-6H3. The molecule has 0 aliphatic carbocycles. The molecule has 0 bridgehead atoms. The molecule has 8 aromatic rings. The number of benzene rings is 8. The molecule has 0 N–H and O–H groups in total. The van der Waals surface area contributed by atoms with Crippen LogP contribution in [0.1, 0.15) is 63.8 Å². The van der Waals surface area contributed by atoms with Gasteiger partial charge >= 0.3 is 0 Å². The summed E-state index contributed by atoms with van der Waals surface area (Å²) in [7, 11) is 0. The van der Waals surface area contributed by atoms with E-state index in [0.717, 1.165) is 0 Å². The fraction of sp³-hybridized carbons (Fsp3) is 0.160. The third kappa shape index (κ3) is 3.45. The predicted octanol–water partition coefficient (Wildman–Crippen LogP) is 7.88. The summed E-state index contributed by atoms with van der Waals surface area (Å²) in [6.07, 6.45) is 0. The van der Waals surface area contributed by atoms with Gasteiger partial charge in [-0.05, 0) is 135 Å². The highest BCUT2D eigenvalue weighted by Gasteiger charge is 2.45. The van der Waals surface area contributed by atoms with Gasteiger partial charge in [-0.25, -0.2) is 0 Å². The van der Waals surface area contributed by atoms with E-state index in [1.54, 1.807) is 0 Å². The summed E-state index contributed by atoms with van der Waals surface area (Å²) in [5, 5.41) is 28.8. The Hall–Kier alpha value is -6.09. The lowest BCUT2D eigenvalue weighted by atomic mass is 9.34. The summed E-state index contributed by atoms with van der Waals surface area (Å²) in [5.74, 6) is 0. The Balaban J connectivity index is 1.37. The molecule has 0 radical (unpaired) electrons. The van der Waals surface area contributed by atoms with Crippen LogP contribution in [0.15, 0.2) is 97.1 Å². The maximum absolute atomic E-state index is 10.4. The molecule has 4 heterocycles. The summed E-state index contributed by atoms with van der Waals surface area (Å²) in [6, 6.07) is 41.5. The van der Waals surface area contributed by atoms with Gasteiger partial charge in [0.1, 0.15) is 0 Å². The number of rotatable bonds is 0. The van der Waals surface area contributed by atoms with Crippen LogP contribution >= 0.6 is 0 Å². The lowest BCUT2D eigenvalue weighted by Gasteiger charge is -2.35. The average molecular weight is 684 g/mol. The van der Waals surface area contributed by atoms with E-state index in [0.29, 0.717) is 11.1 Å². The third-order valence-electron chi connectivity index (χ3n) is 13.3. The molecule has 0 aromatic heterocycles. The number of hydrogen-bond donors (Lipinski definition) is 0. The molecule has 0 saturated carbocycles. The summed E-state index contributed by atoms with van der Waals surface area (Å²) in [6.45, 7) is 14.3. The predicted molar refractivity (Wildman–Crippen MR) is 228 cm³/mol. The van der Waals surface area contributed by atoms with Crippen LogP contribution in [-0.4, -0.2) is 13.4 Å². The number of nitriles is 2. The monoisotopic (exact) mass is 684 g/mol. The van der Waals surface area contributed by atoms with Crippen LogP contribution in [0.5, 0.6) is 0 Å². The highest BCUT2D eigenvalue weighted by Crippen LogP contribution is 2.51. The molecular formula is C50H34B2N2. The number of fused-ring (bicyclic) bond motifs is 10. The smallest absolute Gasteiger partial charge is 0.192 e. The first-order chi connectivity index (χ1) is 26.0. The van der Waals surface area contributed by atoms with Gasteiger partial charge in [-0.2, -0.15) is 10.5 Å². The maximum Gasteiger partial charge on any atom is 0.244 e. The van der Waals surface area contributed by atoms with Crippen LogP contribution < -0.4 is 32.8 Å². The minimum atomic E-state index is -0.149. The van der Waals surface area contributed by atoms with Crippen molar-refractivity contribution < 1.29 is 0 Å². The molecule has 250 valence electrons. The molecule has 4 aliphatic rings. The van der Waals surface area contributed by atoms with Gasteiger partial charge in [-0.15, -0.1) is 0 Å². The van der Waals surface area contributed by atoms with E-state index in [-0.39, 0.29) is 24.3 Å². The Morgan fingerprint density at radius 1 is 0.407 bits per heavy atom. The first-order valence-electron chi connectivity index (χ1n) is 19.2. The van der Waals surface area contributed by atoms with Crippen LogP contribution in [0.25, 0.3) is 76.8 Å². The zero-order valence-corrected chi connectivity index (χ0v) is 31.3. The fourth-order valence-electron chi connectivity index (χ4n) is 11.3. The molecular weight excluding hydrogens is 650 g/mol. The van der Waals surface area contributed by atoms with Crippen molar-refractivity contribution in [3.8, 4) is 56.6 Å². The Bertz CT molecular complexity index is 2990. The Labute approximate surface area is 316 Å². The second-order valence-electron chi connectivity index (χ2n) is 18.2. The van der Waals surface area contributed by atoms with Crippen molar-refractivity contribution in [3.05, 3.63) is 119 Å². The van der Waals surface area contributed by atoms with Crippen molar-refractivity contribution in [2.45, 2.75) is 52.4 Å². The summed E-state index contributed by atoms with van der Waals surface area (Å²) >= 11 is 0. The second kappa shape index (κ2) is 9.52. The van der Waals surface area contributed by atoms with E-state index < -0.39 is 0 Å². The van der Waals surface area contributed by atoms with Gasteiger partial charge in [0.05, 0.1) is 23.3 Å². The van der Waals surface area contributed by atoms with Crippen LogP contribution in [0.2, 0.25) is 0 Å². The Morgan fingerprint density at radius 3 is 1.15 bits per heavy atom. The molecule has 0 atom stereocenters. The van der Waals surface area contributed by atoms with E-state index in [4.69, 9.17) is 0 Å². The summed E-state index contributed by atoms with van der Waals surface area (Å²) in [4.78, 5) is 0. The minimum absolute atomic E-state index is 0.0848. The van der Waals surface area contributed by atoms with Crippen LogP contribution in [0.4, 0.5) is 0 Å². The highest BCUT2D eigenvalue weighted by atomic mass is 14.4. The molecule has 4 aliphatic heterocycles. The van der Waals surface area contributed by atoms with Crippen molar-refractivity contribution in [1.82, 2.24) is 0 Å². The summed E-state index contributed by atoms with van der Waals surface area (Å²) < 4.78 is 0. The molecule has 0 saturated heterocycles. The van der Waals surface area contributed by atoms with Gasteiger partial charge in [0.2, 0.25) is 13.4 Å². The number of nitrogens with zero attached hydrogens (tertiary/aromatic N) is 2. The van der Waals surface area contributed by atoms with E-state index in [1.807, 2.05) is 0 Å². The molecule has 0 spiro atoms. The molecule has 54 heavy (non-hydrogen) atoms. The quantitative estimate of drug-likeness (QED) is 0.121. The Kier molecular flexibility index (Phi) is 5.36. The van der Waals surface area contributed by atoms with Crippen molar-refractivity contribution in [3.63, 3.8) is 0 Å². The average Bonchev–Trinajstić information content (AvgIpc) is 3.67. The van der Waals surface area contributed by atoms with E-state index in [9.17, 15) is 10.5 Å². The first kappa shape index (κ1) is 30.4. The molecule has 0 fully saturated rings. The van der Waals surface area contributed by atoms with Crippen molar-refractivity contribution in [1.29, 1.82) is 10.5 Å². The molecule has 8 aromatic carbocycles. The van der Waals surface area contributed by atoms with Crippen LogP contribution in [0, 0.1) is 22.7 Å². The van der Waals surface area contributed by atoms with Crippen LogP contribution in [0.3, 0.4) is 0 Å². The molecule has 0 unspecified atom stereocenters. The molecule has 12 rings (SSSR count). The van der Waals surface area contributed by atoms with Gasteiger partial charge in [0, 0.05) is 0 Å². The van der Waals surface area contributed by atoms with E-state index in [1.165, 1.54) is 121 Å². The Morgan fingerprint density at radius 2 is 0.778 bits per heavy atom. The second-order valence-corrected chi connectivity index (χ2v) is 18.2. The molecule has 0 amide bonds. The van der Waals surface area contributed by atoms with Gasteiger partial charge in [0.15, 0.2) is 0 Å². The van der Waals surface area contributed by atoms with Crippen molar-refractivity contribution in [2.75, 3.05) is 0 Å². The SMILES string of the molecule is CC(C)(C)c1cc2c3c(cc4c(C(C)(C)C)cc5c6c(cc1c3c46)B1c3ccccc3-c3cc(C#N)cc-5c31)B1c3ccccc3-c3cc(C#N)cc-2c31. The van der Waals surface area contributed by atoms with E-state index in [2.05, 4.69) is 151 Å². The van der Waals surface area contributed by atoms with Crippen molar-refractivity contribution >= 4 is 78.5 Å². The normalized spacial score (nSPS) is 14.0. The van der Waals surface area contributed by atoms with Gasteiger partial charge in [0.25, 0.3) is 0 Å². The first-order valence-corrected chi connectivity index (χ1v) is 19.2. The molecule has 4 heteroatoms. The number of hydrogen-bond acceptors (Lipinski definition) is 2. The zero-order chi connectivity index (χ0) is 36.7. The summed E-state index contributed by atoms with van der Waals surface area (Å²) in [5.41, 5.74) is 21.6. The van der Waals surface area contributed by atoms with Gasteiger partial charge < -0.3 is 0 Å². The van der Waals surface area contributed by atoms with Gasteiger partial charge in [-0.3, -0.25) is 0 Å². The topological polar surface area (TPSA) is 47.6 Å². The van der Waals surface area contributed by atoms with Crippen LogP contribution in [-0.2, 0) is 10.8 Å². The minimum Gasteiger partial charge on any atom is -0.192 e. The maximum atomic E-state index is 10.4. The van der Waals surface area contributed by atoms with E-state index >= 15 is 0 Å². The zero-order valence-electron chi connectivity index (χ0n) is 31.3. The lowest BCUT2D eigenvalue weighted by molar-refractivity contribution is 0.595. The third-order valence-corrected chi connectivity index (χ3v) is 13.3. The highest BCUT2D eigenvalue weighted by molar-refractivity contribution is 7.03. The van der Waals surface area contributed by atoms with Crippen molar-refractivity contribution in [2.24, 2.45) is 0 Å². The lowest BCUT2D eigenvalue weighted by Crippen LogP contribution is -2.53. The largest absolute Gasteiger partial charge is 0.244 e. The van der Waals surface area contributed by atoms with Gasteiger partial charge in [-0.1, -0.05) is 135 Å². The fourth-order valence-corrected chi connectivity index (χ4v) is 11.3.